The number of carbonyl (C=O) groups excluding carboxylic acids is 1. The molecule has 0 spiro atoms. The van der Waals surface area contributed by atoms with Gasteiger partial charge in [0.1, 0.15) is 0 Å². The molecule has 9 heteroatoms. The van der Waals surface area contributed by atoms with Crippen molar-refractivity contribution in [1.29, 1.82) is 0 Å². The van der Waals surface area contributed by atoms with E-state index in [-0.39, 0.29) is 12.5 Å². The van der Waals surface area contributed by atoms with E-state index in [2.05, 4.69) is 36.8 Å². The van der Waals surface area contributed by atoms with E-state index in [9.17, 15) is 4.79 Å². The van der Waals surface area contributed by atoms with Gasteiger partial charge >= 0.3 is 0 Å². The quantitative estimate of drug-likeness (QED) is 0.268. The summed E-state index contributed by atoms with van der Waals surface area (Å²) < 4.78 is 17.8. The topological polar surface area (TPSA) is 98.5 Å². The Kier molecular flexibility index (Phi) is 7.99. The Balaban J connectivity index is 1.34. The maximum Gasteiger partial charge on any atom is 0.262 e. The summed E-state index contributed by atoms with van der Waals surface area (Å²) in [6.07, 6.45) is 0.697. The predicted octanol–water partition coefficient (Wildman–Crippen LogP) is 5.70. The number of methoxy groups -OCH3 is 1. The van der Waals surface area contributed by atoms with Gasteiger partial charge in [0.25, 0.3) is 5.91 Å². The van der Waals surface area contributed by atoms with Gasteiger partial charge in [0.05, 0.1) is 7.11 Å². The highest BCUT2D eigenvalue weighted by atomic mass is 79.9. The molecule has 4 rings (SSSR count). The molecule has 0 aliphatic rings. The number of benzene rings is 3. The Morgan fingerprint density at radius 3 is 2.57 bits per heavy atom. The minimum absolute atomic E-state index is 0.133. The lowest BCUT2D eigenvalue weighted by atomic mass is 10.1. The number of ether oxygens (including phenoxy) is 2. The van der Waals surface area contributed by atoms with E-state index >= 15 is 0 Å². The van der Waals surface area contributed by atoms with Crippen LogP contribution in [0.3, 0.4) is 0 Å². The average molecular weight is 537 g/mol. The zero-order valence-electron chi connectivity index (χ0n) is 19.4. The summed E-state index contributed by atoms with van der Waals surface area (Å²) in [4.78, 5) is 12.2. The molecule has 3 aromatic carbocycles. The number of halogens is 1. The third kappa shape index (κ3) is 6.60. The molecule has 0 atom stereocenters. The molecule has 35 heavy (non-hydrogen) atoms. The van der Waals surface area contributed by atoms with Crippen LogP contribution >= 0.6 is 15.9 Å². The van der Waals surface area contributed by atoms with Crippen LogP contribution in [0.1, 0.15) is 18.4 Å². The number of hydrogen-bond donors (Lipinski definition) is 2. The molecule has 4 aromatic rings. The van der Waals surface area contributed by atoms with Crippen LogP contribution < -0.4 is 20.1 Å². The Morgan fingerprint density at radius 2 is 1.83 bits per heavy atom. The van der Waals surface area contributed by atoms with Gasteiger partial charge in [-0.15, -0.1) is 10.2 Å². The van der Waals surface area contributed by atoms with Crippen molar-refractivity contribution in [2.75, 3.05) is 24.4 Å². The molecule has 0 unspecified atom stereocenters. The highest BCUT2D eigenvalue weighted by molar-refractivity contribution is 9.10. The number of rotatable bonds is 10. The maximum atomic E-state index is 12.2. The molecule has 1 heterocycles. The average Bonchev–Trinajstić information content (AvgIpc) is 3.37. The fraction of sp³-hybridized carbons (Fsp3) is 0.192. The van der Waals surface area contributed by atoms with E-state index in [0.717, 1.165) is 21.3 Å². The van der Waals surface area contributed by atoms with Crippen LogP contribution in [0.2, 0.25) is 0 Å². The molecule has 0 radical (unpaired) electrons. The number of carbonyl (C=O) groups is 1. The van der Waals surface area contributed by atoms with Crippen molar-refractivity contribution in [3.05, 3.63) is 82.7 Å². The highest BCUT2D eigenvalue weighted by Crippen LogP contribution is 2.29. The third-order valence-electron chi connectivity index (χ3n) is 5.09. The Morgan fingerprint density at radius 1 is 1.00 bits per heavy atom. The SMILES string of the molecule is CCc1nnc(-c2cccc(NCc3ccc(OCC(=O)Nc4ccc(Br)cc4)c(OC)c3)c2)o1. The smallest absolute Gasteiger partial charge is 0.262 e. The number of hydrogen-bond acceptors (Lipinski definition) is 7. The molecule has 0 saturated heterocycles. The first kappa shape index (κ1) is 24.3. The first-order chi connectivity index (χ1) is 17.0. The summed E-state index contributed by atoms with van der Waals surface area (Å²) >= 11 is 3.37. The van der Waals surface area contributed by atoms with Crippen LogP contribution in [0.5, 0.6) is 11.5 Å². The number of nitrogens with one attached hydrogen (secondary N) is 2. The van der Waals surface area contributed by atoms with Gasteiger partial charge in [-0.1, -0.05) is 35.0 Å². The summed E-state index contributed by atoms with van der Waals surface area (Å²) in [6.45, 7) is 2.40. The van der Waals surface area contributed by atoms with Crippen molar-refractivity contribution in [2.45, 2.75) is 19.9 Å². The third-order valence-corrected chi connectivity index (χ3v) is 5.62. The van der Waals surface area contributed by atoms with Crippen LogP contribution in [-0.2, 0) is 17.8 Å². The molecule has 180 valence electrons. The van der Waals surface area contributed by atoms with Crippen LogP contribution in [0.25, 0.3) is 11.5 Å². The largest absolute Gasteiger partial charge is 0.493 e. The molecule has 0 aliphatic carbocycles. The molecule has 1 amide bonds. The maximum absolute atomic E-state index is 12.2. The van der Waals surface area contributed by atoms with Crippen LogP contribution in [0.15, 0.2) is 75.6 Å². The second-order valence-electron chi connectivity index (χ2n) is 7.62. The standard InChI is InChI=1S/C26H25BrN4O4/c1-3-25-30-31-26(35-25)18-5-4-6-21(14-18)28-15-17-7-12-22(23(13-17)33-2)34-16-24(32)29-20-10-8-19(27)9-11-20/h4-14,28H,3,15-16H2,1-2H3,(H,29,32). The summed E-state index contributed by atoms with van der Waals surface area (Å²) in [5, 5.41) is 14.3. The second kappa shape index (κ2) is 11.5. The molecule has 0 bridgehead atoms. The van der Waals surface area contributed by atoms with E-state index < -0.39 is 0 Å². The van der Waals surface area contributed by atoms with Crippen molar-refractivity contribution in [3.8, 4) is 23.0 Å². The molecule has 2 N–H and O–H groups in total. The lowest BCUT2D eigenvalue weighted by molar-refractivity contribution is -0.118. The first-order valence-corrected chi connectivity index (χ1v) is 11.8. The number of anilines is 2. The van der Waals surface area contributed by atoms with Crippen molar-refractivity contribution in [3.63, 3.8) is 0 Å². The van der Waals surface area contributed by atoms with E-state index in [1.807, 2.05) is 67.6 Å². The second-order valence-corrected chi connectivity index (χ2v) is 8.53. The van der Waals surface area contributed by atoms with E-state index in [4.69, 9.17) is 13.9 Å². The molecule has 0 saturated carbocycles. The normalized spacial score (nSPS) is 10.6. The van der Waals surface area contributed by atoms with Crippen LogP contribution in [0.4, 0.5) is 11.4 Å². The predicted molar refractivity (Wildman–Crippen MR) is 138 cm³/mol. The van der Waals surface area contributed by atoms with Crippen LogP contribution in [-0.4, -0.2) is 29.8 Å². The van der Waals surface area contributed by atoms with Gasteiger partial charge in [0.2, 0.25) is 11.8 Å². The number of aryl methyl sites for hydroxylation is 1. The van der Waals surface area contributed by atoms with Gasteiger partial charge in [0.15, 0.2) is 18.1 Å². The minimum atomic E-state index is -0.257. The fourth-order valence-corrected chi connectivity index (χ4v) is 3.56. The molecular weight excluding hydrogens is 512 g/mol. The van der Waals surface area contributed by atoms with Crippen molar-refractivity contribution in [2.24, 2.45) is 0 Å². The molecule has 1 aromatic heterocycles. The number of aromatic nitrogens is 2. The zero-order chi connectivity index (χ0) is 24.6. The minimum Gasteiger partial charge on any atom is -0.493 e. The molecule has 8 nitrogen and oxygen atoms in total. The molecular formula is C26H25BrN4O4. The lowest BCUT2D eigenvalue weighted by Gasteiger charge is -2.13. The summed E-state index contributed by atoms with van der Waals surface area (Å²) in [7, 11) is 1.57. The van der Waals surface area contributed by atoms with Gasteiger partial charge in [0, 0.05) is 34.4 Å². The van der Waals surface area contributed by atoms with Gasteiger partial charge in [-0.05, 0) is 60.2 Å². The van der Waals surface area contributed by atoms with Crippen LogP contribution in [0, 0.1) is 0 Å². The first-order valence-electron chi connectivity index (χ1n) is 11.1. The lowest BCUT2D eigenvalue weighted by Crippen LogP contribution is -2.20. The fourth-order valence-electron chi connectivity index (χ4n) is 3.29. The van der Waals surface area contributed by atoms with E-state index in [0.29, 0.717) is 41.9 Å². The number of nitrogens with zero attached hydrogens (tertiary/aromatic N) is 2. The Hall–Kier alpha value is -3.85. The summed E-state index contributed by atoms with van der Waals surface area (Å²) in [6, 6.07) is 20.7. The van der Waals surface area contributed by atoms with E-state index in [1.165, 1.54) is 0 Å². The molecule has 0 fully saturated rings. The van der Waals surface area contributed by atoms with Gasteiger partial charge in [-0.3, -0.25) is 4.79 Å². The monoisotopic (exact) mass is 536 g/mol. The van der Waals surface area contributed by atoms with E-state index in [1.54, 1.807) is 13.2 Å². The van der Waals surface area contributed by atoms with Crippen molar-refractivity contribution in [1.82, 2.24) is 10.2 Å². The zero-order valence-corrected chi connectivity index (χ0v) is 21.0. The summed E-state index contributed by atoms with van der Waals surface area (Å²) in [5.41, 5.74) is 3.46. The Labute approximate surface area is 211 Å². The van der Waals surface area contributed by atoms with Crippen molar-refractivity contribution < 1.29 is 18.7 Å². The Bertz CT molecular complexity index is 1290. The van der Waals surface area contributed by atoms with Gasteiger partial charge in [-0.25, -0.2) is 0 Å². The summed E-state index contributed by atoms with van der Waals surface area (Å²) in [5.74, 6) is 1.89. The molecule has 0 aliphatic heterocycles. The van der Waals surface area contributed by atoms with Gasteiger partial charge < -0.3 is 24.5 Å². The van der Waals surface area contributed by atoms with Crippen molar-refractivity contribution >= 4 is 33.2 Å². The number of amides is 1. The van der Waals surface area contributed by atoms with Gasteiger partial charge in [-0.2, -0.15) is 0 Å². The highest BCUT2D eigenvalue weighted by Gasteiger charge is 2.11.